The highest BCUT2D eigenvalue weighted by atomic mass is 16.1. The van der Waals surface area contributed by atoms with E-state index in [0.717, 1.165) is 19.4 Å². The Bertz CT molecular complexity index is 93.6. The van der Waals surface area contributed by atoms with E-state index < -0.39 is 0 Å². The van der Waals surface area contributed by atoms with E-state index in [1.165, 1.54) is 0 Å². The van der Waals surface area contributed by atoms with Crippen molar-refractivity contribution < 1.29 is 4.79 Å². The number of Topliss-reactive ketones (excluding diaryl/α,β-unsaturated/α-hetero) is 1. The van der Waals surface area contributed by atoms with Crippen LogP contribution in [0.4, 0.5) is 0 Å². The summed E-state index contributed by atoms with van der Waals surface area (Å²) < 4.78 is 0. The van der Waals surface area contributed by atoms with E-state index in [1.54, 1.807) is 0 Å². The van der Waals surface area contributed by atoms with Crippen molar-refractivity contribution in [2.75, 3.05) is 20.1 Å². The summed E-state index contributed by atoms with van der Waals surface area (Å²) in [5.74, 6) is 0.163. The van der Waals surface area contributed by atoms with Gasteiger partial charge in [0.1, 0.15) is 5.78 Å². The number of carbonyl (C=O) groups excluding carboxylic acids is 1. The molecule has 0 atom stereocenters. The van der Waals surface area contributed by atoms with Gasteiger partial charge in [-0.05, 0) is 26.4 Å². The molecule has 0 saturated heterocycles. The Morgan fingerprint density at radius 3 is 2.70 bits per heavy atom. The Morgan fingerprint density at radius 2 is 2.20 bits per heavy atom. The summed E-state index contributed by atoms with van der Waals surface area (Å²) >= 11 is 0. The summed E-state index contributed by atoms with van der Waals surface area (Å²) in [7, 11) is 1.91. The van der Waals surface area contributed by atoms with Crippen LogP contribution in [0.5, 0.6) is 0 Å². The van der Waals surface area contributed by atoms with Gasteiger partial charge < -0.3 is 11.1 Å². The predicted molar refractivity (Wildman–Crippen MR) is 41.8 cm³/mol. The quantitative estimate of drug-likeness (QED) is 0.512. The third-order valence-corrected chi connectivity index (χ3v) is 1.36. The van der Waals surface area contributed by atoms with E-state index in [1.807, 2.05) is 7.05 Å². The minimum Gasteiger partial charge on any atom is -0.324 e. The number of carbonyl (C=O) groups is 1. The Labute approximate surface area is 62.0 Å². The second-order valence-electron chi connectivity index (χ2n) is 2.30. The first-order valence-corrected chi connectivity index (χ1v) is 3.67. The minimum atomic E-state index is 0.163. The summed E-state index contributed by atoms with van der Waals surface area (Å²) in [6, 6.07) is 0. The van der Waals surface area contributed by atoms with Gasteiger partial charge in [-0.3, -0.25) is 4.79 Å². The zero-order valence-corrected chi connectivity index (χ0v) is 6.52. The maximum absolute atomic E-state index is 10.6. The Balaban J connectivity index is 2.96. The Kier molecular flexibility index (Phi) is 6.43. The molecule has 3 heteroatoms. The van der Waals surface area contributed by atoms with Gasteiger partial charge in [0.15, 0.2) is 0 Å². The van der Waals surface area contributed by atoms with Crippen molar-refractivity contribution in [2.24, 2.45) is 5.73 Å². The molecule has 0 heterocycles. The number of ketones is 1. The zero-order chi connectivity index (χ0) is 7.82. The first-order chi connectivity index (χ1) is 4.81. The van der Waals surface area contributed by atoms with Gasteiger partial charge >= 0.3 is 0 Å². The average Bonchev–Trinajstić information content (AvgIpc) is 1.98. The average molecular weight is 144 g/mol. The van der Waals surface area contributed by atoms with Crippen molar-refractivity contribution in [3.63, 3.8) is 0 Å². The van der Waals surface area contributed by atoms with Crippen molar-refractivity contribution in [1.29, 1.82) is 0 Å². The number of hydrogen-bond acceptors (Lipinski definition) is 3. The van der Waals surface area contributed by atoms with Gasteiger partial charge in [-0.25, -0.2) is 0 Å². The smallest absolute Gasteiger partial charge is 0.146 e. The van der Waals surface area contributed by atoms with Gasteiger partial charge in [0.05, 0.1) is 6.54 Å². The molecular formula is C7H16N2O. The highest BCUT2D eigenvalue weighted by molar-refractivity contribution is 5.80. The monoisotopic (exact) mass is 144 g/mol. The van der Waals surface area contributed by atoms with Crippen molar-refractivity contribution >= 4 is 5.78 Å². The summed E-state index contributed by atoms with van der Waals surface area (Å²) in [6.45, 7) is 1.18. The van der Waals surface area contributed by atoms with Gasteiger partial charge in [0.25, 0.3) is 0 Å². The van der Waals surface area contributed by atoms with Gasteiger partial charge in [0.2, 0.25) is 0 Å². The van der Waals surface area contributed by atoms with Crippen LogP contribution in [0, 0.1) is 0 Å². The molecule has 0 aliphatic carbocycles. The molecule has 3 nitrogen and oxygen atoms in total. The lowest BCUT2D eigenvalue weighted by Crippen LogP contribution is -2.14. The number of hydrogen-bond donors (Lipinski definition) is 2. The predicted octanol–water partition coefficient (Wildman–Crippen LogP) is -0.0961. The standard InChI is InChI=1S/C7H16N2O/c1-9-5-3-2-4-7(10)6-8/h9H,2-6,8H2,1H3. The maximum atomic E-state index is 10.6. The number of nitrogens with one attached hydrogen (secondary N) is 1. The normalized spacial score (nSPS) is 9.80. The molecule has 0 aliphatic rings. The topological polar surface area (TPSA) is 55.1 Å². The molecule has 0 rings (SSSR count). The van der Waals surface area contributed by atoms with E-state index in [4.69, 9.17) is 5.73 Å². The third-order valence-electron chi connectivity index (χ3n) is 1.36. The fourth-order valence-corrected chi connectivity index (χ4v) is 0.726. The van der Waals surface area contributed by atoms with E-state index in [0.29, 0.717) is 6.42 Å². The van der Waals surface area contributed by atoms with Gasteiger partial charge in [0, 0.05) is 6.42 Å². The second-order valence-corrected chi connectivity index (χ2v) is 2.30. The Hall–Kier alpha value is -0.410. The van der Waals surface area contributed by atoms with Crippen molar-refractivity contribution in [3.8, 4) is 0 Å². The number of unbranched alkanes of at least 4 members (excludes halogenated alkanes) is 1. The molecule has 0 fully saturated rings. The molecule has 10 heavy (non-hydrogen) atoms. The molecule has 0 amide bonds. The van der Waals surface area contributed by atoms with Crippen LogP contribution in [0.3, 0.4) is 0 Å². The van der Waals surface area contributed by atoms with Crippen molar-refractivity contribution in [2.45, 2.75) is 19.3 Å². The molecule has 3 N–H and O–H groups in total. The molecule has 0 radical (unpaired) electrons. The first kappa shape index (κ1) is 9.59. The number of rotatable bonds is 6. The molecule has 0 aromatic rings. The molecule has 0 aromatic carbocycles. The van der Waals surface area contributed by atoms with Crippen molar-refractivity contribution in [3.05, 3.63) is 0 Å². The molecule has 0 aromatic heterocycles. The fourth-order valence-electron chi connectivity index (χ4n) is 0.726. The van der Waals surface area contributed by atoms with E-state index in [2.05, 4.69) is 5.32 Å². The van der Waals surface area contributed by atoms with Gasteiger partial charge in [-0.1, -0.05) is 0 Å². The molecule has 0 aliphatic heterocycles. The Morgan fingerprint density at radius 1 is 1.50 bits per heavy atom. The van der Waals surface area contributed by atoms with Crippen LogP contribution in [-0.2, 0) is 4.79 Å². The van der Waals surface area contributed by atoms with Gasteiger partial charge in [-0.2, -0.15) is 0 Å². The summed E-state index contributed by atoms with van der Waals surface area (Å²) in [4.78, 5) is 10.6. The summed E-state index contributed by atoms with van der Waals surface area (Å²) in [5.41, 5.74) is 5.12. The lowest BCUT2D eigenvalue weighted by atomic mass is 10.2. The highest BCUT2D eigenvalue weighted by Gasteiger charge is 1.96. The second kappa shape index (κ2) is 6.71. The molecule has 0 saturated carbocycles. The molecule has 0 spiro atoms. The van der Waals surface area contributed by atoms with E-state index in [-0.39, 0.29) is 12.3 Å². The van der Waals surface area contributed by atoms with Crippen LogP contribution < -0.4 is 11.1 Å². The fraction of sp³-hybridized carbons (Fsp3) is 0.857. The summed E-state index contributed by atoms with van der Waals surface area (Å²) in [6.07, 6.45) is 2.65. The van der Waals surface area contributed by atoms with Gasteiger partial charge in [-0.15, -0.1) is 0 Å². The third kappa shape index (κ3) is 5.72. The lowest BCUT2D eigenvalue weighted by molar-refractivity contribution is -0.117. The zero-order valence-electron chi connectivity index (χ0n) is 6.52. The van der Waals surface area contributed by atoms with Crippen LogP contribution in [0.15, 0.2) is 0 Å². The molecule has 0 unspecified atom stereocenters. The minimum absolute atomic E-state index is 0.163. The first-order valence-electron chi connectivity index (χ1n) is 3.67. The van der Waals surface area contributed by atoms with E-state index in [9.17, 15) is 4.79 Å². The van der Waals surface area contributed by atoms with Crippen LogP contribution >= 0.6 is 0 Å². The van der Waals surface area contributed by atoms with E-state index >= 15 is 0 Å². The highest BCUT2D eigenvalue weighted by Crippen LogP contribution is 1.93. The van der Waals surface area contributed by atoms with Crippen LogP contribution in [-0.4, -0.2) is 25.9 Å². The lowest BCUT2D eigenvalue weighted by Gasteiger charge is -1.97. The molecule has 0 bridgehead atoms. The number of nitrogens with two attached hydrogens (primary N) is 1. The summed E-state index contributed by atoms with van der Waals surface area (Å²) in [5, 5.41) is 3.02. The largest absolute Gasteiger partial charge is 0.324 e. The van der Waals surface area contributed by atoms with Crippen molar-refractivity contribution in [1.82, 2.24) is 5.32 Å². The maximum Gasteiger partial charge on any atom is 0.146 e. The SMILES string of the molecule is CNCCCCC(=O)CN. The molecular weight excluding hydrogens is 128 g/mol. The molecule has 60 valence electrons. The van der Waals surface area contributed by atoms with Crippen LogP contribution in [0.2, 0.25) is 0 Å². The van der Waals surface area contributed by atoms with Crippen LogP contribution in [0.25, 0.3) is 0 Å². The van der Waals surface area contributed by atoms with Crippen LogP contribution in [0.1, 0.15) is 19.3 Å².